The molecule has 9 heteroatoms. The van der Waals surface area contributed by atoms with Crippen LogP contribution in [0.4, 0.5) is 11.4 Å². The molecule has 1 aliphatic heterocycles. The molecule has 1 aliphatic rings. The van der Waals surface area contributed by atoms with E-state index in [0.29, 0.717) is 5.69 Å². The van der Waals surface area contributed by atoms with Crippen molar-refractivity contribution in [1.82, 2.24) is 4.90 Å². The van der Waals surface area contributed by atoms with Crippen molar-refractivity contribution in [2.75, 3.05) is 25.0 Å². The highest BCUT2D eigenvalue weighted by atomic mass is 32.2. The number of hydrogen-bond acceptors (Lipinski definition) is 6. The summed E-state index contributed by atoms with van der Waals surface area (Å²) in [5, 5.41) is 19.2. The molecule has 1 heterocycles. The molecule has 8 nitrogen and oxygen atoms in total. The minimum Gasteiger partial charge on any atom is -0.374 e. The molecule has 0 spiro atoms. The van der Waals surface area contributed by atoms with Gasteiger partial charge in [-0.3, -0.25) is 15.0 Å². The Hall–Kier alpha value is -1.71. The van der Waals surface area contributed by atoms with Crippen LogP contribution in [0, 0.1) is 16.0 Å². The fraction of sp³-hybridized carbons (Fsp3) is 0.462. The van der Waals surface area contributed by atoms with Crippen molar-refractivity contribution < 1.29 is 13.3 Å². The monoisotopic (exact) mass is 327 g/mol. The number of nitrogens with one attached hydrogen (secondary N) is 1. The van der Waals surface area contributed by atoms with Gasteiger partial charge in [0, 0.05) is 25.7 Å². The minimum atomic E-state index is -3.96. The van der Waals surface area contributed by atoms with Gasteiger partial charge in [0.1, 0.15) is 5.69 Å². The standard InChI is InChI=1S/C13H19N4O4S/c1-9(2)6-16-7-10(8-16)15-12-4-3-11(22(14,20)21)5-13(12)17(18)19/h3-5,10,15H,6-8H2,1-2H3,(H2,14,20,21). The number of nitrogens with zero attached hydrogens (tertiary/aromatic N) is 2. The van der Waals surface area contributed by atoms with Gasteiger partial charge in [-0.1, -0.05) is 13.8 Å². The number of nitro benzene ring substituents is 1. The van der Waals surface area contributed by atoms with Crippen molar-refractivity contribution >= 4 is 21.4 Å². The summed E-state index contributed by atoms with van der Waals surface area (Å²) in [5.74, 6) is 1.31. The summed E-state index contributed by atoms with van der Waals surface area (Å²) in [6.07, 6.45) is 0. The molecule has 0 amide bonds. The van der Waals surface area contributed by atoms with E-state index in [1.54, 1.807) is 0 Å². The molecule has 1 saturated heterocycles. The summed E-state index contributed by atoms with van der Waals surface area (Å²) in [6, 6.07) is 3.75. The van der Waals surface area contributed by atoms with Crippen molar-refractivity contribution in [3.63, 3.8) is 0 Å². The normalized spacial score (nSPS) is 16.5. The van der Waals surface area contributed by atoms with E-state index >= 15 is 0 Å². The zero-order chi connectivity index (χ0) is 16.5. The molecule has 0 saturated carbocycles. The first-order chi connectivity index (χ1) is 10.2. The molecular formula is C13H19N4O4S. The summed E-state index contributed by atoms with van der Waals surface area (Å²) in [5.41, 5.74) is 0.0162. The Morgan fingerprint density at radius 2 is 2.09 bits per heavy atom. The fourth-order valence-electron chi connectivity index (χ4n) is 2.42. The average Bonchev–Trinajstić information content (AvgIpc) is 2.34. The lowest BCUT2D eigenvalue weighted by molar-refractivity contribution is -0.384. The van der Waals surface area contributed by atoms with E-state index in [9.17, 15) is 18.5 Å². The lowest BCUT2D eigenvalue weighted by Crippen LogP contribution is -2.55. The number of nitrogens with two attached hydrogens (primary N) is 1. The van der Waals surface area contributed by atoms with Crippen LogP contribution >= 0.6 is 0 Å². The van der Waals surface area contributed by atoms with E-state index in [1.807, 2.05) is 0 Å². The molecule has 0 atom stereocenters. The average molecular weight is 327 g/mol. The van der Waals surface area contributed by atoms with Crippen LogP contribution in [0.1, 0.15) is 13.8 Å². The van der Waals surface area contributed by atoms with Crippen LogP contribution in [0.15, 0.2) is 23.1 Å². The van der Waals surface area contributed by atoms with Gasteiger partial charge >= 0.3 is 0 Å². The van der Waals surface area contributed by atoms with Gasteiger partial charge in [-0.25, -0.2) is 13.6 Å². The number of rotatable bonds is 6. The molecule has 1 aromatic carbocycles. The number of anilines is 1. The van der Waals surface area contributed by atoms with Crippen LogP contribution in [-0.2, 0) is 10.0 Å². The van der Waals surface area contributed by atoms with Gasteiger partial charge in [-0.15, -0.1) is 0 Å². The Balaban J connectivity index is 2.10. The highest BCUT2D eigenvalue weighted by molar-refractivity contribution is 7.89. The van der Waals surface area contributed by atoms with Crippen LogP contribution in [0.3, 0.4) is 0 Å². The lowest BCUT2D eigenvalue weighted by Gasteiger charge is -2.40. The maximum Gasteiger partial charge on any atom is 0.293 e. The largest absolute Gasteiger partial charge is 0.374 e. The first kappa shape index (κ1) is 16.7. The van der Waals surface area contributed by atoms with Gasteiger partial charge in [0.15, 0.2) is 0 Å². The maximum absolute atomic E-state index is 11.3. The molecule has 121 valence electrons. The molecule has 1 fully saturated rings. The maximum atomic E-state index is 11.3. The highest BCUT2D eigenvalue weighted by Crippen LogP contribution is 2.29. The smallest absolute Gasteiger partial charge is 0.293 e. The Labute approximate surface area is 129 Å². The predicted molar refractivity (Wildman–Crippen MR) is 82.9 cm³/mol. The second-order valence-corrected chi connectivity index (χ2v) is 7.28. The summed E-state index contributed by atoms with van der Waals surface area (Å²) in [6.45, 7) is 6.60. The Morgan fingerprint density at radius 3 is 2.59 bits per heavy atom. The Bertz CT molecular complexity index is 669. The molecule has 0 bridgehead atoms. The quantitative estimate of drug-likeness (QED) is 0.593. The van der Waals surface area contributed by atoms with Gasteiger partial charge in [-0.2, -0.15) is 0 Å². The molecule has 0 unspecified atom stereocenters. The van der Waals surface area contributed by atoms with Gasteiger partial charge in [0.2, 0.25) is 10.0 Å². The number of sulfonamides is 1. The van der Waals surface area contributed by atoms with Crippen LogP contribution in [-0.4, -0.2) is 43.9 Å². The highest BCUT2D eigenvalue weighted by Gasteiger charge is 2.29. The first-order valence-corrected chi connectivity index (χ1v) is 8.30. The lowest BCUT2D eigenvalue weighted by atomic mass is 10.1. The Morgan fingerprint density at radius 1 is 1.45 bits per heavy atom. The fourth-order valence-corrected chi connectivity index (χ4v) is 2.95. The van der Waals surface area contributed by atoms with E-state index in [4.69, 9.17) is 5.14 Å². The van der Waals surface area contributed by atoms with Gasteiger partial charge in [-0.05, 0) is 18.1 Å². The van der Waals surface area contributed by atoms with Gasteiger partial charge in [0.25, 0.3) is 5.69 Å². The third-order valence-corrected chi connectivity index (χ3v) is 4.26. The number of primary sulfonamides is 1. The van der Waals surface area contributed by atoms with Crippen molar-refractivity contribution in [3.05, 3.63) is 34.2 Å². The van der Waals surface area contributed by atoms with E-state index < -0.39 is 14.9 Å². The van der Waals surface area contributed by atoms with E-state index in [2.05, 4.69) is 24.1 Å². The number of benzene rings is 1. The molecule has 0 aromatic heterocycles. The molecule has 3 N–H and O–H groups in total. The summed E-state index contributed by atoms with van der Waals surface area (Å²) >= 11 is 0. The SMILES string of the molecule is C[C](C)CN1CC(Nc2ccc(S(N)(=O)=O)cc2[N+](=O)[O-])C1. The minimum absolute atomic E-state index is 0.110. The second kappa shape index (κ2) is 6.19. The molecule has 2 rings (SSSR count). The molecule has 1 radical (unpaired) electrons. The number of nitro groups is 1. The van der Waals surface area contributed by atoms with E-state index in [1.165, 1.54) is 18.1 Å². The Kier molecular flexibility index (Phi) is 4.69. The van der Waals surface area contributed by atoms with E-state index in [-0.39, 0.29) is 16.6 Å². The first-order valence-electron chi connectivity index (χ1n) is 6.76. The number of hydrogen-bond donors (Lipinski definition) is 2. The van der Waals surface area contributed by atoms with Crippen LogP contribution in [0.2, 0.25) is 0 Å². The topological polar surface area (TPSA) is 119 Å². The zero-order valence-electron chi connectivity index (χ0n) is 12.4. The van der Waals surface area contributed by atoms with Crippen LogP contribution in [0.5, 0.6) is 0 Å². The third-order valence-electron chi connectivity index (χ3n) is 3.35. The van der Waals surface area contributed by atoms with Crippen molar-refractivity contribution in [1.29, 1.82) is 0 Å². The zero-order valence-corrected chi connectivity index (χ0v) is 13.3. The summed E-state index contributed by atoms with van der Waals surface area (Å²) in [4.78, 5) is 12.5. The van der Waals surface area contributed by atoms with Gasteiger partial charge < -0.3 is 5.32 Å². The summed E-state index contributed by atoms with van der Waals surface area (Å²) in [7, 11) is -3.96. The second-order valence-electron chi connectivity index (χ2n) is 5.72. The third kappa shape index (κ3) is 3.93. The van der Waals surface area contributed by atoms with E-state index in [0.717, 1.165) is 25.7 Å². The summed E-state index contributed by atoms with van der Waals surface area (Å²) < 4.78 is 22.6. The molecule has 1 aromatic rings. The van der Waals surface area contributed by atoms with Crippen molar-refractivity contribution in [3.8, 4) is 0 Å². The van der Waals surface area contributed by atoms with Crippen LogP contribution in [0.25, 0.3) is 0 Å². The molecular weight excluding hydrogens is 308 g/mol. The predicted octanol–water partition coefficient (Wildman–Crippen LogP) is 0.953. The van der Waals surface area contributed by atoms with Crippen molar-refractivity contribution in [2.24, 2.45) is 5.14 Å². The van der Waals surface area contributed by atoms with Gasteiger partial charge in [0.05, 0.1) is 15.9 Å². The van der Waals surface area contributed by atoms with Crippen LogP contribution < -0.4 is 10.5 Å². The molecule has 22 heavy (non-hydrogen) atoms. The van der Waals surface area contributed by atoms with Crippen molar-refractivity contribution in [2.45, 2.75) is 24.8 Å². The molecule has 0 aliphatic carbocycles. The number of likely N-dealkylation sites (tertiary alicyclic amines) is 1.